The first-order valence-corrected chi connectivity index (χ1v) is 5.56. The lowest BCUT2D eigenvalue weighted by atomic mass is 10.2. The quantitative estimate of drug-likeness (QED) is 0.682. The summed E-state index contributed by atoms with van der Waals surface area (Å²) in [6.45, 7) is 0. The van der Waals surface area contributed by atoms with Crippen molar-refractivity contribution in [3.8, 4) is 0 Å². The average molecular weight is 333 g/mol. The van der Waals surface area contributed by atoms with Gasteiger partial charge in [-0.2, -0.15) is 0 Å². The maximum absolute atomic E-state index is 10.2. The van der Waals surface area contributed by atoms with Crippen LogP contribution in [0.15, 0.2) is 39.6 Å². The summed E-state index contributed by atoms with van der Waals surface area (Å²) >= 11 is 6.69. The van der Waals surface area contributed by atoms with Gasteiger partial charge >= 0.3 is 5.97 Å². The standard InChI is InChI=1S/C10H7Br2NO2/c11-8-5-13-6-9(12)7(8)3-1-2-4-10(14)15/h1-6H,(H,14,15)/b3-1+,4-2+. The SMILES string of the molecule is O=C(O)/C=C/C=C/c1c(Br)cncc1Br. The third kappa shape index (κ3) is 3.97. The summed E-state index contributed by atoms with van der Waals surface area (Å²) in [7, 11) is 0. The molecule has 1 aromatic heterocycles. The molecule has 1 aromatic rings. The van der Waals surface area contributed by atoms with Gasteiger partial charge in [0.05, 0.1) is 0 Å². The van der Waals surface area contributed by atoms with Crippen LogP contribution in [0, 0.1) is 0 Å². The molecule has 0 bridgehead atoms. The Balaban J connectivity index is 2.85. The molecule has 3 nitrogen and oxygen atoms in total. The maximum atomic E-state index is 10.2. The molecule has 0 atom stereocenters. The van der Waals surface area contributed by atoms with Crippen molar-refractivity contribution in [2.24, 2.45) is 0 Å². The van der Waals surface area contributed by atoms with Gasteiger partial charge in [0, 0.05) is 33.0 Å². The Morgan fingerprint density at radius 3 is 2.40 bits per heavy atom. The lowest BCUT2D eigenvalue weighted by Gasteiger charge is -1.99. The smallest absolute Gasteiger partial charge is 0.328 e. The normalized spacial score (nSPS) is 11.3. The molecule has 0 spiro atoms. The minimum absolute atomic E-state index is 0.844. The molecule has 15 heavy (non-hydrogen) atoms. The van der Waals surface area contributed by atoms with Crippen molar-refractivity contribution in [1.29, 1.82) is 0 Å². The number of rotatable bonds is 3. The monoisotopic (exact) mass is 331 g/mol. The Morgan fingerprint density at radius 2 is 1.87 bits per heavy atom. The van der Waals surface area contributed by atoms with E-state index in [1.54, 1.807) is 24.5 Å². The van der Waals surface area contributed by atoms with Crippen molar-refractivity contribution in [3.63, 3.8) is 0 Å². The molecule has 0 aromatic carbocycles. The first-order valence-electron chi connectivity index (χ1n) is 3.98. The second-order valence-corrected chi connectivity index (χ2v) is 4.28. The zero-order chi connectivity index (χ0) is 11.3. The van der Waals surface area contributed by atoms with Crippen LogP contribution < -0.4 is 0 Å². The van der Waals surface area contributed by atoms with Crippen molar-refractivity contribution in [2.45, 2.75) is 0 Å². The fourth-order valence-electron chi connectivity index (χ4n) is 0.870. The molecule has 0 saturated carbocycles. The first kappa shape index (κ1) is 12.1. The third-order valence-electron chi connectivity index (χ3n) is 1.50. The minimum Gasteiger partial charge on any atom is -0.478 e. The molecule has 0 aliphatic rings. The van der Waals surface area contributed by atoms with Gasteiger partial charge in [0.15, 0.2) is 0 Å². The van der Waals surface area contributed by atoms with E-state index in [9.17, 15) is 4.79 Å². The molecule has 0 aliphatic heterocycles. The number of carboxylic acids is 1. The van der Waals surface area contributed by atoms with Crippen LogP contribution in [0.1, 0.15) is 5.56 Å². The Morgan fingerprint density at radius 1 is 1.27 bits per heavy atom. The number of aromatic nitrogens is 1. The summed E-state index contributed by atoms with van der Waals surface area (Å²) in [4.78, 5) is 14.2. The van der Waals surface area contributed by atoms with E-state index in [0.29, 0.717) is 0 Å². The number of pyridine rings is 1. The van der Waals surface area contributed by atoms with Crippen LogP contribution in [-0.2, 0) is 4.79 Å². The first-order chi connectivity index (χ1) is 7.11. The number of aliphatic carboxylic acids is 1. The molecule has 5 heteroatoms. The van der Waals surface area contributed by atoms with E-state index in [4.69, 9.17) is 5.11 Å². The van der Waals surface area contributed by atoms with Crippen LogP contribution in [0.4, 0.5) is 0 Å². The van der Waals surface area contributed by atoms with Crippen molar-refractivity contribution in [1.82, 2.24) is 4.98 Å². The van der Waals surface area contributed by atoms with Gasteiger partial charge in [0.2, 0.25) is 0 Å². The van der Waals surface area contributed by atoms with Gasteiger partial charge in [-0.15, -0.1) is 0 Å². The number of carboxylic acid groups (broad SMARTS) is 1. The fraction of sp³-hybridized carbons (Fsp3) is 0. The third-order valence-corrected chi connectivity index (χ3v) is 2.77. The van der Waals surface area contributed by atoms with Crippen LogP contribution >= 0.6 is 31.9 Å². The Labute approximate surface area is 104 Å². The van der Waals surface area contributed by atoms with Gasteiger partial charge in [-0.25, -0.2) is 4.79 Å². The van der Waals surface area contributed by atoms with Crippen LogP contribution in [0.25, 0.3) is 6.08 Å². The van der Waals surface area contributed by atoms with Crippen LogP contribution in [-0.4, -0.2) is 16.1 Å². The van der Waals surface area contributed by atoms with E-state index < -0.39 is 5.97 Å². The minimum atomic E-state index is -0.965. The van der Waals surface area contributed by atoms with Gasteiger partial charge in [-0.3, -0.25) is 4.98 Å². The highest BCUT2D eigenvalue weighted by atomic mass is 79.9. The van der Waals surface area contributed by atoms with E-state index >= 15 is 0 Å². The number of nitrogens with zero attached hydrogens (tertiary/aromatic N) is 1. The predicted octanol–water partition coefficient (Wildman–Crippen LogP) is 3.26. The number of carbonyl (C=O) groups is 1. The van der Waals surface area contributed by atoms with Crippen LogP contribution in [0.2, 0.25) is 0 Å². The van der Waals surface area contributed by atoms with Gasteiger partial charge in [0.25, 0.3) is 0 Å². The molecule has 0 radical (unpaired) electrons. The fourth-order valence-corrected chi connectivity index (χ4v) is 2.06. The Hall–Kier alpha value is -0.940. The topological polar surface area (TPSA) is 50.2 Å². The zero-order valence-electron chi connectivity index (χ0n) is 7.52. The van der Waals surface area contributed by atoms with E-state index in [2.05, 4.69) is 36.8 Å². The molecule has 0 amide bonds. The molecule has 0 aliphatic carbocycles. The van der Waals surface area contributed by atoms with E-state index in [0.717, 1.165) is 20.6 Å². The summed E-state index contributed by atoms with van der Waals surface area (Å²) in [5.41, 5.74) is 0.917. The molecule has 0 saturated heterocycles. The summed E-state index contributed by atoms with van der Waals surface area (Å²) in [6, 6.07) is 0. The van der Waals surface area contributed by atoms with E-state index in [1.165, 1.54) is 6.08 Å². The van der Waals surface area contributed by atoms with Gasteiger partial charge in [-0.05, 0) is 31.9 Å². The van der Waals surface area contributed by atoms with Gasteiger partial charge < -0.3 is 5.11 Å². The lowest BCUT2D eigenvalue weighted by Crippen LogP contribution is -1.84. The number of halogens is 2. The molecule has 1 rings (SSSR count). The Kier molecular flexibility index (Phi) is 4.71. The summed E-state index contributed by atoms with van der Waals surface area (Å²) < 4.78 is 1.69. The van der Waals surface area contributed by atoms with Crippen molar-refractivity contribution < 1.29 is 9.90 Å². The summed E-state index contributed by atoms with van der Waals surface area (Å²) in [5.74, 6) is -0.965. The molecular weight excluding hydrogens is 326 g/mol. The summed E-state index contributed by atoms with van der Waals surface area (Å²) in [6.07, 6.45) is 9.31. The van der Waals surface area contributed by atoms with Crippen molar-refractivity contribution >= 4 is 43.9 Å². The van der Waals surface area contributed by atoms with Gasteiger partial charge in [-0.1, -0.05) is 18.2 Å². The zero-order valence-corrected chi connectivity index (χ0v) is 10.7. The maximum Gasteiger partial charge on any atom is 0.328 e. The number of allylic oxidation sites excluding steroid dienone is 2. The summed E-state index contributed by atoms with van der Waals surface area (Å²) in [5, 5.41) is 8.37. The van der Waals surface area contributed by atoms with Crippen LogP contribution in [0.5, 0.6) is 0 Å². The molecule has 1 heterocycles. The highest BCUT2D eigenvalue weighted by Gasteiger charge is 2.00. The Bertz CT molecular complexity index is 407. The number of hydrogen-bond acceptors (Lipinski definition) is 2. The number of hydrogen-bond donors (Lipinski definition) is 1. The molecule has 0 fully saturated rings. The largest absolute Gasteiger partial charge is 0.478 e. The molecule has 78 valence electrons. The predicted molar refractivity (Wildman–Crippen MR) is 65.4 cm³/mol. The van der Waals surface area contributed by atoms with Crippen molar-refractivity contribution in [3.05, 3.63) is 45.1 Å². The van der Waals surface area contributed by atoms with Gasteiger partial charge in [0.1, 0.15) is 0 Å². The molecular formula is C10H7Br2NO2. The molecule has 1 N–H and O–H groups in total. The van der Waals surface area contributed by atoms with Crippen molar-refractivity contribution in [2.75, 3.05) is 0 Å². The van der Waals surface area contributed by atoms with E-state index in [1.807, 2.05) is 0 Å². The van der Waals surface area contributed by atoms with Crippen LogP contribution in [0.3, 0.4) is 0 Å². The molecule has 0 unspecified atom stereocenters. The van der Waals surface area contributed by atoms with E-state index in [-0.39, 0.29) is 0 Å². The lowest BCUT2D eigenvalue weighted by molar-refractivity contribution is -0.131. The second-order valence-electron chi connectivity index (χ2n) is 2.57. The highest BCUT2D eigenvalue weighted by Crippen LogP contribution is 2.24. The average Bonchev–Trinajstić information content (AvgIpc) is 2.15. The highest BCUT2D eigenvalue weighted by molar-refractivity contribution is 9.11. The second kappa shape index (κ2) is 5.82.